The molecule has 0 atom stereocenters. The number of nitrogens with zero attached hydrogens (tertiary/aromatic N) is 1. The van der Waals surface area contributed by atoms with Gasteiger partial charge in [-0.05, 0) is 43.3 Å². The van der Waals surface area contributed by atoms with Crippen LogP contribution < -0.4 is 0 Å². The van der Waals surface area contributed by atoms with E-state index in [0.29, 0.717) is 38.5 Å². The van der Waals surface area contributed by atoms with Gasteiger partial charge in [0.15, 0.2) is 5.76 Å². The number of ether oxygens (including phenoxy) is 1. The maximum atomic E-state index is 13.3. The summed E-state index contributed by atoms with van der Waals surface area (Å²) in [5, 5.41) is 1.15. The Morgan fingerprint density at radius 1 is 1.10 bits per heavy atom. The van der Waals surface area contributed by atoms with Gasteiger partial charge in [0.2, 0.25) is 0 Å². The highest BCUT2D eigenvalue weighted by Crippen LogP contribution is 2.33. The zero-order valence-electron chi connectivity index (χ0n) is 15.5. The lowest BCUT2D eigenvalue weighted by Gasteiger charge is -2.05. The summed E-state index contributed by atoms with van der Waals surface area (Å²) >= 11 is 9.66. The quantitative estimate of drug-likeness (QED) is 0.338. The number of halogens is 2. The average Bonchev–Trinajstić information content (AvgIpc) is 3.29. The third-order valence-corrected chi connectivity index (χ3v) is 5.52. The number of methoxy groups -OCH3 is 1. The van der Waals surface area contributed by atoms with Crippen molar-refractivity contribution in [2.45, 2.75) is 6.92 Å². The number of hydrogen-bond acceptors (Lipinski definition) is 4. The molecule has 0 bridgehead atoms. The molecule has 0 amide bonds. The molecule has 2 heterocycles. The first-order valence-corrected chi connectivity index (χ1v) is 9.87. The summed E-state index contributed by atoms with van der Waals surface area (Å²) in [6.07, 6.45) is 0. The van der Waals surface area contributed by atoms with Gasteiger partial charge in [-0.25, -0.2) is 4.79 Å². The molecule has 0 radical (unpaired) electrons. The first-order valence-electron chi connectivity index (χ1n) is 8.70. The first kappa shape index (κ1) is 19.5. The van der Waals surface area contributed by atoms with E-state index < -0.39 is 5.97 Å². The summed E-state index contributed by atoms with van der Waals surface area (Å²) < 4.78 is 13.0. The maximum Gasteiger partial charge on any atom is 0.340 e. The number of carbonyl (C=O) groups excluding carboxylic acids is 2. The van der Waals surface area contributed by atoms with Crippen molar-refractivity contribution in [1.29, 1.82) is 0 Å². The van der Waals surface area contributed by atoms with E-state index in [4.69, 9.17) is 20.8 Å². The summed E-state index contributed by atoms with van der Waals surface area (Å²) in [5.74, 6) is -0.257. The molecular weight excluding hydrogens is 458 g/mol. The van der Waals surface area contributed by atoms with Crippen LogP contribution in [0.2, 0.25) is 5.02 Å². The van der Waals surface area contributed by atoms with Crippen LogP contribution in [0, 0.1) is 6.92 Å². The van der Waals surface area contributed by atoms with E-state index in [1.54, 1.807) is 37.3 Å². The minimum atomic E-state index is -0.493. The third-order valence-electron chi connectivity index (χ3n) is 4.72. The summed E-state index contributed by atoms with van der Waals surface area (Å²) in [6.45, 7) is 1.71. The van der Waals surface area contributed by atoms with Gasteiger partial charge in [0.25, 0.3) is 5.91 Å². The number of benzene rings is 2. The summed E-state index contributed by atoms with van der Waals surface area (Å²) in [7, 11) is 1.32. The molecule has 4 aromatic rings. The Labute approximate surface area is 180 Å². The van der Waals surface area contributed by atoms with E-state index in [2.05, 4.69) is 15.9 Å². The molecule has 0 aliphatic carbocycles. The smallest absolute Gasteiger partial charge is 0.340 e. The van der Waals surface area contributed by atoms with E-state index in [9.17, 15) is 9.59 Å². The van der Waals surface area contributed by atoms with Crippen molar-refractivity contribution >= 4 is 50.3 Å². The fourth-order valence-electron chi connectivity index (χ4n) is 3.39. The van der Waals surface area contributed by atoms with Crippen molar-refractivity contribution in [1.82, 2.24) is 4.57 Å². The molecule has 0 fully saturated rings. The van der Waals surface area contributed by atoms with Gasteiger partial charge < -0.3 is 9.15 Å². The number of fused-ring (bicyclic) bond motifs is 1. The minimum absolute atomic E-state index is 0.138. The van der Waals surface area contributed by atoms with E-state index in [1.807, 2.05) is 24.3 Å². The Morgan fingerprint density at radius 3 is 2.59 bits per heavy atom. The molecule has 146 valence electrons. The predicted octanol–water partition coefficient (Wildman–Crippen LogP) is 6.10. The predicted molar refractivity (Wildman–Crippen MR) is 115 cm³/mol. The van der Waals surface area contributed by atoms with Gasteiger partial charge >= 0.3 is 5.97 Å². The van der Waals surface area contributed by atoms with Gasteiger partial charge in [0, 0.05) is 21.1 Å². The van der Waals surface area contributed by atoms with Crippen LogP contribution >= 0.6 is 27.5 Å². The summed E-state index contributed by atoms with van der Waals surface area (Å²) in [5.41, 5.74) is 2.13. The fraction of sp³-hybridized carbons (Fsp3) is 0.0909. The molecule has 0 saturated heterocycles. The van der Waals surface area contributed by atoms with Crippen LogP contribution in [0.15, 0.2) is 63.5 Å². The van der Waals surface area contributed by atoms with Crippen molar-refractivity contribution < 1.29 is 18.7 Å². The molecule has 4 rings (SSSR count). The number of hydrogen-bond donors (Lipinski definition) is 0. The molecule has 0 saturated carbocycles. The average molecular weight is 473 g/mol. The van der Waals surface area contributed by atoms with Crippen LogP contribution in [0.4, 0.5) is 0 Å². The standard InChI is InChI=1S/C22H15BrClNO4/c1-12-20(22(27)28-2)15-5-3-4-6-17(15)25(12)21(26)19-10-9-18(29-19)14-8-7-13(23)11-16(14)24/h3-11H,1-2H3. The molecule has 2 aromatic heterocycles. The second-order valence-corrected chi connectivity index (χ2v) is 7.72. The van der Waals surface area contributed by atoms with Crippen LogP contribution in [-0.4, -0.2) is 23.6 Å². The summed E-state index contributed by atoms with van der Waals surface area (Å²) in [4.78, 5) is 25.6. The molecule has 0 aliphatic heterocycles. The Hall–Kier alpha value is -2.83. The molecule has 29 heavy (non-hydrogen) atoms. The SMILES string of the molecule is COC(=O)c1c(C)n(C(=O)c2ccc(-c3ccc(Br)cc3Cl)o2)c2ccccc12. The highest BCUT2D eigenvalue weighted by molar-refractivity contribution is 9.10. The molecule has 0 N–H and O–H groups in total. The summed E-state index contributed by atoms with van der Waals surface area (Å²) in [6, 6.07) is 15.9. The normalized spacial score (nSPS) is 11.0. The van der Waals surface area contributed by atoms with E-state index in [1.165, 1.54) is 11.7 Å². The van der Waals surface area contributed by atoms with Gasteiger partial charge in [-0.3, -0.25) is 9.36 Å². The minimum Gasteiger partial charge on any atom is -0.465 e. The van der Waals surface area contributed by atoms with Crippen molar-refractivity contribution in [3.63, 3.8) is 0 Å². The highest BCUT2D eigenvalue weighted by atomic mass is 79.9. The van der Waals surface area contributed by atoms with E-state index in [-0.39, 0.29) is 11.7 Å². The van der Waals surface area contributed by atoms with Crippen molar-refractivity contribution in [2.75, 3.05) is 7.11 Å². The second-order valence-electron chi connectivity index (χ2n) is 6.40. The number of rotatable bonds is 3. The molecule has 2 aromatic carbocycles. The number of esters is 1. The van der Waals surface area contributed by atoms with E-state index >= 15 is 0 Å². The van der Waals surface area contributed by atoms with Gasteiger partial charge in [-0.15, -0.1) is 0 Å². The molecule has 0 spiro atoms. The van der Waals surface area contributed by atoms with E-state index in [0.717, 1.165) is 4.47 Å². The second kappa shape index (κ2) is 7.54. The first-order chi connectivity index (χ1) is 13.9. The highest BCUT2D eigenvalue weighted by Gasteiger charge is 2.25. The molecule has 7 heteroatoms. The molecular formula is C22H15BrClNO4. The van der Waals surface area contributed by atoms with Gasteiger partial charge in [0.1, 0.15) is 5.76 Å². The van der Waals surface area contributed by atoms with Crippen LogP contribution in [0.5, 0.6) is 0 Å². The maximum absolute atomic E-state index is 13.3. The Bertz CT molecular complexity index is 1270. The lowest BCUT2D eigenvalue weighted by molar-refractivity contribution is 0.0602. The van der Waals surface area contributed by atoms with Gasteiger partial charge in [-0.2, -0.15) is 0 Å². The zero-order valence-corrected chi connectivity index (χ0v) is 17.9. The molecule has 5 nitrogen and oxygen atoms in total. The van der Waals surface area contributed by atoms with Crippen LogP contribution in [0.1, 0.15) is 26.6 Å². The Morgan fingerprint density at radius 2 is 1.86 bits per heavy atom. The van der Waals surface area contributed by atoms with Crippen LogP contribution in [-0.2, 0) is 4.74 Å². The largest absolute Gasteiger partial charge is 0.465 e. The number of carbonyl (C=O) groups is 2. The van der Waals surface area contributed by atoms with Gasteiger partial charge in [-0.1, -0.05) is 45.7 Å². The lowest BCUT2D eigenvalue weighted by atomic mass is 10.1. The molecule has 0 aliphatic rings. The Kier molecular flexibility index (Phi) is 5.06. The lowest BCUT2D eigenvalue weighted by Crippen LogP contribution is -2.14. The number of aromatic nitrogens is 1. The number of furan rings is 1. The van der Waals surface area contributed by atoms with Crippen LogP contribution in [0.3, 0.4) is 0 Å². The molecule has 0 unspecified atom stereocenters. The number of para-hydroxylation sites is 1. The van der Waals surface area contributed by atoms with Crippen LogP contribution in [0.25, 0.3) is 22.2 Å². The monoisotopic (exact) mass is 471 g/mol. The van der Waals surface area contributed by atoms with Crippen molar-refractivity contribution in [3.05, 3.63) is 81.1 Å². The zero-order chi connectivity index (χ0) is 20.7. The van der Waals surface area contributed by atoms with Crippen molar-refractivity contribution in [2.24, 2.45) is 0 Å². The van der Waals surface area contributed by atoms with Gasteiger partial charge in [0.05, 0.1) is 23.2 Å². The Balaban J connectivity index is 1.82. The third kappa shape index (κ3) is 3.28. The van der Waals surface area contributed by atoms with Crippen molar-refractivity contribution in [3.8, 4) is 11.3 Å². The topological polar surface area (TPSA) is 61.4 Å². The fourth-order valence-corrected chi connectivity index (χ4v) is 4.15.